The molecule has 1 aliphatic heterocycles. The van der Waals surface area contributed by atoms with Crippen LogP contribution in [0.15, 0.2) is 41.3 Å². The third-order valence-electron chi connectivity index (χ3n) is 4.45. The molecular weight excluding hydrogens is 366 g/mol. The second-order valence-corrected chi connectivity index (χ2v) is 6.28. The summed E-state index contributed by atoms with van der Waals surface area (Å²) in [5.74, 6) is 1.32. The molecule has 0 N–H and O–H groups in total. The van der Waals surface area contributed by atoms with Crippen LogP contribution in [0.4, 0.5) is 11.7 Å². The van der Waals surface area contributed by atoms with Crippen molar-refractivity contribution in [3.05, 3.63) is 58.6 Å². The number of hydrogen-bond acceptors (Lipinski definition) is 8. The number of anilines is 1. The van der Waals surface area contributed by atoms with Gasteiger partial charge in [0.2, 0.25) is 0 Å². The van der Waals surface area contributed by atoms with Gasteiger partial charge in [-0.15, -0.1) is 0 Å². The molecule has 1 amide bonds. The first-order valence-electron chi connectivity index (χ1n) is 8.64. The van der Waals surface area contributed by atoms with Crippen molar-refractivity contribution < 1.29 is 14.1 Å². The SMILES string of the molecule is Cc1nc(N2CCN(C(=O)c3ccc([N+](=O)[O-])o3)CC2)cc(-n2ccnc2)n1. The van der Waals surface area contributed by atoms with Gasteiger partial charge in [-0.2, -0.15) is 0 Å². The monoisotopic (exact) mass is 383 g/mol. The summed E-state index contributed by atoms with van der Waals surface area (Å²) in [7, 11) is 0. The molecule has 1 fully saturated rings. The first kappa shape index (κ1) is 17.6. The van der Waals surface area contributed by atoms with E-state index in [0.717, 1.165) is 11.6 Å². The minimum atomic E-state index is -0.663. The number of carbonyl (C=O) groups is 1. The molecule has 11 heteroatoms. The number of nitro groups is 1. The van der Waals surface area contributed by atoms with Gasteiger partial charge >= 0.3 is 5.88 Å². The molecule has 11 nitrogen and oxygen atoms in total. The van der Waals surface area contributed by atoms with E-state index in [1.807, 2.05) is 23.8 Å². The van der Waals surface area contributed by atoms with E-state index in [-0.39, 0.29) is 11.7 Å². The Morgan fingerprint density at radius 1 is 1.18 bits per heavy atom. The van der Waals surface area contributed by atoms with E-state index in [4.69, 9.17) is 4.42 Å². The van der Waals surface area contributed by atoms with Gasteiger partial charge in [0.15, 0.2) is 5.76 Å². The first-order chi connectivity index (χ1) is 13.5. The van der Waals surface area contributed by atoms with Crippen molar-refractivity contribution in [2.75, 3.05) is 31.1 Å². The lowest BCUT2D eigenvalue weighted by molar-refractivity contribution is -0.402. The Bertz CT molecular complexity index is 1010. The molecule has 0 saturated carbocycles. The van der Waals surface area contributed by atoms with E-state index >= 15 is 0 Å². The van der Waals surface area contributed by atoms with Crippen molar-refractivity contribution in [1.29, 1.82) is 0 Å². The molecule has 28 heavy (non-hydrogen) atoms. The van der Waals surface area contributed by atoms with Crippen molar-refractivity contribution in [3.63, 3.8) is 0 Å². The number of carbonyl (C=O) groups excluding carboxylic acids is 1. The van der Waals surface area contributed by atoms with Crippen molar-refractivity contribution in [1.82, 2.24) is 24.4 Å². The predicted octanol–water partition coefficient (Wildman–Crippen LogP) is 1.43. The zero-order chi connectivity index (χ0) is 19.7. The summed E-state index contributed by atoms with van der Waals surface area (Å²) in [6.45, 7) is 3.89. The molecule has 0 unspecified atom stereocenters. The standard InChI is InChI=1S/C17H17N7O4/c1-12-19-14(10-15(20-12)23-5-4-18-11-23)21-6-8-22(9-7-21)17(25)13-2-3-16(28-13)24(26)27/h2-5,10-11H,6-9H2,1H3. The highest BCUT2D eigenvalue weighted by Gasteiger charge is 2.26. The number of amides is 1. The lowest BCUT2D eigenvalue weighted by Gasteiger charge is -2.35. The Morgan fingerprint density at radius 3 is 2.57 bits per heavy atom. The molecule has 1 saturated heterocycles. The van der Waals surface area contributed by atoms with Gasteiger partial charge in [0.25, 0.3) is 5.91 Å². The van der Waals surface area contributed by atoms with Crippen LogP contribution in [0.5, 0.6) is 0 Å². The summed E-state index contributed by atoms with van der Waals surface area (Å²) in [6, 6.07) is 4.39. The fourth-order valence-electron chi connectivity index (χ4n) is 3.06. The average Bonchev–Trinajstić information content (AvgIpc) is 3.39. The molecule has 0 bridgehead atoms. The van der Waals surface area contributed by atoms with Gasteiger partial charge in [-0.3, -0.25) is 19.5 Å². The molecule has 0 aromatic carbocycles. The predicted molar refractivity (Wildman–Crippen MR) is 97.4 cm³/mol. The molecule has 0 radical (unpaired) electrons. The molecule has 4 rings (SSSR count). The van der Waals surface area contributed by atoms with E-state index in [0.29, 0.717) is 32.0 Å². The number of nitrogens with zero attached hydrogens (tertiary/aromatic N) is 7. The van der Waals surface area contributed by atoms with E-state index in [1.54, 1.807) is 17.4 Å². The van der Waals surface area contributed by atoms with E-state index < -0.39 is 10.8 Å². The van der Waals surface area contributed by atoms with Gasteiger partial charge < -0.3 is 14.2 Å². The zero-order valence-corrected chi connectivity index (χ0v) is 15.1. The highest BCUT2D eigenvalue weighted by molar-refractivity contribution is 5.92. The normalized spacial score (nSPS) is 14.3. The first-order valence-corrected chi connectivity index (χ1v) is 8.64. The number of hydrogen-bond donors (Lipinski definition) is 0. The van der Waals surface area contributed by atoms with Crippen LogP contribution >= 0.6 is 0 Å². The minimum absolute atomic E-state index is 0.0274. The maximum absolute atomic E-state index is 12.5. The number of furan rings is 1. The van der Waals surface area contributed by atoms with E-state index in [1.165, 1.54) is 12.1 Å². The average molecular weight is 383 g/mol. The van der Waals surface area contributed by atoms with Crippen molar-refractivity contribution in [3.8, 4) is 5.82 Å². The summed E-state index contributed by atoms with van der Waals surface area (Å²) < 4.78 is 6.82. The summed E-state index contributed by atoms with van der Waals surface area (Å²) in [5.41, 5.74) is 0. The number of imidazole rings is 1. The van der Waals surface area contributed by atoms with Gasteiger partial charge in [0, 0.05) is 44.6 Å². The van der Waals surface area contributed by atoms with Gasteiger partial charge in [-0.1, -0.05) is 0 Å². The smallest absolute Gasteiger partial charge is 0.395 e. The molecule has 0 atom stereocenters. The third kappa shape index (κ3) is 3.41. The van der Waals surface area contributed by atoms with Crippen LogP contribution in [0.3, 0.4) is 0 Å². The number of rotatable bonds is 4. The quantitative estimate of drug-likeness (QED) is 0.490. The molecule has 0 aliphatic carbocycles. The highest BCUT2D eigenvalue weighted by Crippen LogP contribution is 2.20. The lowest BCUT2D eigenvalue weighted by atomic mass is 10.2. The van der Waals surface area contributed by atoms with Crippen LogP contribution in [0.25, 0.3) is 5.82 Å². The molecule has 1 aliphatic rings. The Labute approximate surface area is 159 Å². The van der Waals surface area contributed by atoms with Crippen LogP contribution < -0.4 is 4.90 Å². The Hall–Kier alpha value is -3.76. The minimum Gasteiger partial charge on any atom is -0.395 e. The van der Waals surface area contributed by atoms with Crippen LogP contribution in [-0.4, -0.2) is 61.4 Å². The molecule has 4 heterocycles. The summed E-state index contributed by atoms with van der Waals surface area (Å²) in [4.78, 5) is 39.2. The molecular formula is C17H17N7O4. The fourth-order valence-corrected chi connectivity index (χ4v) is 3.06. The third-order valence-corrected chi connectivity index (χ3v) is 4.45. The number of aromatic nitrogens is 4. The molecule has 3 aromatic rings. The topological polar surface area (TPSA) is 123 Å². The highest BCUT2D eigenvalue weighted by atomic mass is 16.6. The summed E-state index contributed by atoms with van der Waals surface area (Å²) >= 11 is 0. The second kappa shape index (κ2) is 7.10. The van der Waals surface area contributed by atoms with Crippen LogP contribution in [0.2, 0.25) is 0 Å². The van der Waals surface area contributed by atoms with Crippen LogP contribution in [0.1, 0.15) is 16.4 Å². The largest absolute Gasteiger partial charge is 0.433 e. The van der Waals surface area contributed by atoms with Gasteiger partial charge in [0.1, 0.15) is 28.7 Å². The van der Waals surface area contributed by atoms with E-state index in [2.05, 4.69) is 19.9 Å². The number of aryl methyl sites for hydroxylation is 1. The van der Waals surface area contributed by atoms with E-state index in [9.17, 15) is 14.9 Å². The summed E-state index contributed by atoms with van der Waals surface area (Å²) in [6.07, 6.45) is 5.16. The molecule has 0 spiro atoms. The van der Waals surface area contributed by atoms with Gasteiger partial charge in [-0.05, 0) is 13.0 Å². The molecule has 3 aromatic heterocycles. The van der Waals surface area contributed by atoms with Crippen molar-refractivity contribution in [2.45, 2.75) is 6.92 Å². The maximum Gasteiger partial charge on any atom is 0.433 e. The van der Waals surface area contributed by atoms with Crippen molar-refractivity contribution in [2.24, 2.45) is 0 Å². The zero-order valence-electron chi connectivity index (χ0n) is 15.1. The van der Waals surface area contributed by atoms with Gasteiger partial charge in [-0.25, -0.2) is 15.0 Å². The lowest BCUT2D eigenvalue weighted by Crippen LogP contribution is -2.49. The Balaban J connectivity index is 1.45. The van der Waals surface area contributed by atoms with Crippen molar-refractivity contribution >= 4 is 17.6 Å². The Kier molecular flexibility index (Phi) is 4.47. The summed E-state index contributed by atoms with van der Waals surface area (Å²) in [5, 5.41) is 10.7. The second-order valence-electron chi connectivity index (χ2n) is 6.28. The van der Waals surface area contributed by atoms with Crippen LogP contribution in [-0.2, 0) is 0 Å². The fraction of sp³-hybridized carbons (Fsp3) is 0.294. The van der Waals surface area contributed by atoms with Gasteiger partial charge in [0.05, 0.1) is 6.07 Å². The maximum atomic E-state index is 12.5. The van der Waals surface area contributed by atoms with Crippen LogP contribution in [0, 0.1) is 17.0 Å². The number of piperazine rings is 1. The molecule has 144 valence electrons. The Morgan fingerprint density at radius 2 is 1.93 bits per heavy atom.